The van der Waals surface area contributed by atoms with Crippen LogP contribution in [-0.4, -0.2) is 27.2 Å². The van der Waals surface area contributed by atoms with Crippen LogP contribution in [0.3, 0.4) is 0 Å². The van der Waals surface area contributed by atoms with Crippen molar-refractivity contribution in [3.63, 3.8) is 0 Å². The molecule has 0 aliphatic heterocycles. The van der Waals surface area contributed by atoms with Gasteiger partial charge in [0, 0.05) is 18.0 Å². The second-order valence-electron chi connectivity index (χ2n) is 5.73. The van der Waals surface area contributed by atoms with E-state index in [-0.39, 0.29) is 6.04 Å². The Hall–Kier alpha value is -1.82. The summed E-state index contributed by atoms with van der Waals surface area (Å²) < 4.78 is 27.6. The predicted molar refractivity (Wildman–Crippen MR) is 77.4 cm³/mol. The van der Waals surface area contributed by atoms with Gasteiger partial charge in [-0.2, -0.15) is 5.10 Å². The Morgan fingerprint density at radius 2 is 1.90 bits per heavy atom. The van der Waals surface area contributed by atoms with Gasteiger partial charge in [0.2, 0.25) is 6.43 Å². The van der Waals surface area contributed by atoms with Gasteiger partial charge in [-0.3, -0.25) is 0 Å². The van der Waals surface area contributed by atoms with Crippen molar-refractivity contribution >= 4 is 0 Å². The number of nitrogens with one attached hydrogen (secondary N) is 1. The first-order valence-corrected chi connectivity index (χ1v) is 6.86. The summed E-state index contributed by atoms with van der Waals surface area (Å²) >= 11 is 0. The number of alkyl halides is 2. The minimum Gasteiger partial charge on any atom is -0.309 e. The average molecular weight is 294 g/mol. The van der Waals surface area contributed by atoms with Crippen LogP contribution in [-0.2, 0) is 6.54 Å². The minimum atomic E-state index is -2.35. The summed E-state index contributed by atoms with van der Waals surface area (Å²) in [6.07, 6.45) is 0.749. The molecule has 114 valence electrons. The third-order valence-corrected chi connectivity index (χ3v) is 3.91. The van der Waals surface area contributed by atoms with Crippen molar-refractivity contribution in [2.75, 3.05) is 0 Å². The summed E-state index contributed by atoms with van der Waals surface area (Å²) in [5.74, 6) is 0. The maximum atomic E-state index is 12.9. The van der Waals surface area contributed by atoms with E-state index in [0.29, 0.717) is 6.54 Å². The van der Waals surface area contributed by atoms with Crippen molar-refractivity contribution in [3.8, 4) is 5.69 Å². The van der Waals surface area contributed by atoms with Crippen LogP contribution >= 0.6 is 0 Å². The minimum absolute atomic E-state index is 0.285. The SMILES string of the molecule is CC(NCc1ccc(-n2cncn2)cc1)C(C)(C)C(F)F. The van der Waals surface area contributed by atoms with E-state index in [9.17, 15) is 8.78 Å². The van der Waals surface area contributed by atoms with Gasteiger partial charge in [0.05, 0.1) is 5.69 Å². The molecule has 0 saturated carbocycles. The fourth-order valence-corrected chi connectivity index (χ4v) is 1.83. The van der Waals surface area contributed by atoms with Gasteiger partial charge in [-0.25, -0.2) is 18.4 Å². The molecule has 6 heteroatoms. The van der Waals surface area contributed by atoms with E-state index in [1.165, 1.54) is 6.33 Å². The monoisotopic (exact) mass is 294 g/mol. The quantitative estimate of drug-likeness (QED) is 0.890. The number of rotatable bonds is 6. The second-order valence-corrected chi connectivity index (χ2v) is 5.73. The summed E-state index contributed by atoms with van der Waals surface area (Å²) in [5, 5.41) is 7.21. The Morgan fingerprint density at radius 3 is 2.43 bits per heavy atom. The van der Waals surface area contributed by atoms with E-state index in [1.54, 1.807) is 31.8 Å². The first-order valence-electron chi connectivity index (χ1n) is 6.86. The van der Waals surface area contributed by atoms with Gasteiger partial charge in [0.25, 0.3) is 0 Å². The lowest BCUT2D eigenvalue weighted by atomic mass is 9.86. The molecule has 0 spiro atoms. The highest BCUT2D eigenvalue weighted by Gasteiger charge is 2.35. The lowest BCUT2D eigenvalue weighted by Gasteiger charge is -2.31. The molecule has 1 heterocycles. The molecule has 2 aromatic rings. The Morgan fingerprint density at radius 1 is 1.24 bits per heavy atom. The number of hydrogen-bond acceptors (Lipinski definition) is 3. The van der Waals surface area contributed by atoms with Crippen LogP contribution < -0.4 is 5.32 Å². The third-order valence-electron chi connectivity index (χ3n) is 3.91. The molecular weight excluding hydrogens is 274 g/mol. The maximum absolute atomic E-state index is 12.9. The number of nitrogens with zero attached hydrogens (tertiary/aromatic N) is 3. The van der Waals surface area contributed by atoms with Crippen LogP contribution in [0.1, 0.15) is 26.3 Å². The molecule has 2 rings (SSSR count). The molecule has 0 radical (unpaired) electrons. The molecule has 0 aliphatic carbocycles. The lowest BCUT2D eigenvalue weighted by molar-refractivity contribution is -0.00260. The summed E-state index contributed by atoms with van der Waals surface area (Å²) in [6.45, 7) is 5.48. The highest BCUT2D eigenvalue weighted by Crippen LogP contribution is 2.28. The highest BCUT2D eigenvalue weighted by atomic mass is 19.3. The summed E-state index contributed by atoms with van der Waals surface area (Å²) in [7, 11) is 0. The van der Waals surface area contributed by atoms with Gasteiger partial charge in [0.1, 0.15) is 12.7 Å². The van der Waals surface area contributed by atoms with E-state index < -0.39 is 11.8 Å². The zero-order chi connectivity index (χ0) is 15.5. The molecule has 0 bridgehead atoms. The van der Waals surface area contributed by atoms with E-state index in [2.05, 4.69) is 15.4 Å². The van der Waals surface area contributed by atoms with Crippen LogP contribution in [0.15, 0.2) is 36.9 Å². The molecular formula is C15H20F2N4. The number of benzene rings is 1. The number of aromatic nitrogens is 3. The van der Waals surface area contributed by atoms with Crippen molar-refractivity contribution in [3.05, 3.63) is 42.5 Å². The summed E-state index contributed by atoms with van der Waals surface area (Å²) in [5.41, 5.74) is 0.897. The van der Waals surface area contributed by atoms with E-state index in [0.717, 1.165) is 11.3 Å². The van der Waals surface area contributed by atoms with E-state index >= 15 is 0 Å². The van der Waals surface area contributed by atoms with Crippen LogP contribution in [0.5, 0.6) is 0 Å². The Labute approximate surface area is 123 Å². The molecule has 21 heavy (non-hydrogen) atoms. The number of hydrogen-bond donors (Lipinski definition) is 1. The van der Waals surface area contributed by atoms with E-state index in [1.807, 2.05) is 24.3 Å². The Balaban J connectivity index is 1.95. The van der Waals surface area contributed by atoms with Crippen LogP contribution in [0.2, 0.25) is 0 Å². The van der Waals surface area contributed by atoms with Crippen LogP contribution in [0, 0.1) is 5.41 Å². The van der Waals surface area contributed by atoms with E-state index in [4.69, 9.17) is 0 Å². The largest absolute Gasteiger partial charge is 0.309 e. The summed E-state index contributed by atoms with van der Waals surface area (Å²) in [4.78, 5) is 3.89. The molecule has 1 aromatic carbocycles. The Bertz CT molecular complexity index is 550. The molecule has 0 aliphatic rings. The highest BCUT2D eigenvalue weighted by molar-refractivity contribution is 5.33. The predicted octanol–water partition coefficient (Wildman–Crippen LogP) is 3.04. The molecule has 0 amide bonds. The molecule has 1 atom stereocenters. The average Bonchev–Trinajstić information content (AvgIpc) is 2.99. The zero-order valence-corrected chi connectivity index (χ0v) is 12.4. The molecule has 0 saturated heterocycles. The van der Waals surface area contributed by atoms with Crippen LogP contribution in [0.4, 0.5) is 8.78 Å². The van der Waals surface area contributed by atoms with Crippen LogP contribution in [0.25, 0.3) is 5.69 Å². The molecule has 1 aromatic heterocycles. The first-order chi connectivity index (χ1) is 9.91. The fraction of sp³-hybridized carbons (Fsp3) is 0.467. The molecule has 4 nitrogen and oxygen atoms in total. The first kappa shape index (κ1) is 15.6. The fourth-order valence-electron chi connectivity index (χ4n) is 1.83. The maximum Gasteiger partial charge on any atom is 0.245 e. The zero-order valence-electron chi connectivity index (χ0n) is 12.4. The molecule has 1 unspecified atom stereocenters. The van der Waals surface area contributed by atoms with Gasteiger partial charge in [-0.1, -0.05) is 26.0 Å². The number of halogens is 2. The lowest BCUT2D eigenvalue weighted by Crippen LogP contribution is -2.43. The van der Waals surface area contributed by atoms with Gasteiger partial charge in [0.15, 0.2) is 0 Å². The van der Waals surface area contributed by atoms with Gasteiger partial charge >= 0.3 is 0 Å². The smallest absolute Gasteiger partial charge is 0.245 e. The normalized spacial score (nSPS) is 13.6. The molecule has 1 N–H and O–H groups in total. The van der Waals surface area contributed by atoms with Crippen molar-refractivity contribution in [2.24, 2.45) is 5.41 Å². The van der Waals surface area contributed by atoms with Crippen molar-refractivity contribution < 1.29 is 8.78 Å². The van der Waals surface area contributed by atoms with Crippen molar-refractivity contribution in [1.29, 1.82) is 0 Å². The topological polar surface area (TPSA) is 42.7 Å². The molecule has 0 fully saturated rings. The second kappa shape index (κ2) is 6.30. The van der Waals surface area contributed by atoms with Gasteiger partial charge in [-0.15, -0.1) is 0 Å². The standard InChI is InChI=1S/C15H20F2N4/c1-11(15(2,3)14(16)17)19-8-12-4-6-13(7-5-12)21-10-18-9-20-21/h4-7,9-11,14,19H,8H2,1-3H3. The third kappa shape index (κ3) is 3.64. The van der Waals surface area contributed by atoms with Crippen molar-refractivity contribution in [2.45, 2.75) is 39.8 Å². The van der Waals surface area contributed by atoms with Gasteiger partial charge in [-0.05, 0) is 24.6 Å². The van der Waals surface area contributed by atoms with Crippen molar-refractivity contribution in [1.82, 2.24) is 20.1 Å². The van der Waals surface area contributed by atoms with Gasteiger partial charge < -0.3 is 5.32 Å². The summed E-state index contributed by atoms with van der Waals surface area (Å²) in [6, 6.07) is 7.47. The Kier molecular flexibility index (Phi) is 4.67.